The maximum absolute atomic E-state index is 14.5. The molecule has 0 aliphatic carbocycles. The third-order valence-corrected chi connectivity index (χ3v) is 9.62. The summed E-state index contributed by atoms with van der Waals surface area (Å²) in [6, 6.07) is 29.4. The molecule has 2 aliphatic rings. The summed E-state index contributed by atoms with van der Waals surface area (Å²) >= 11 is 0. The van der Waals surface area contributed by atoms with Crippen molar-refractivity contribution in [2.24, 2.45) is 0 Å². The minimum atomic E-state index is -0.823. The molecule has 4 aromatic carbocycles. The minimum Gasteiger partial charge on any atom is -0.427 e. The van der Waals surface area contributed by atoms with E-state index in [0.29, 0.717) is 25.3 Å². The molecule has 9 nitrogen and oxygen atoms in total. The molecule has 254 valence electrons. The lowest BCUT2D eigenvalue weighted by Gasteiger charge is -2.55. The van der Waals surface area contributed by atoms with Gasteiger partial charge in [0.2, 0.25) is 11.8 Å². The Morgan fingerprint density at radius 3 is 2.37 bits per heavy atom. The zero-order valence-corrected chi connectivity index (χ0v) is 28.2. The number of carbonyl (C=O) groups excluding carboxylic acids is 4. The number of fused-ring (bicyclic) bond motifs is 2. The summed E-state index contributed by atoms with van der Waals surface area (Å²) in [6.07, 6.45) is 2.88. The molecule has 1 N–H and O–H groups in total. The van der Waals surface area contributed by atoms with E-state index in [2.05, 4.69) is 30.4 Å². The number of hydrogen-bond acceptors (Lipinski definition) is 5. The van der Waals surface area contributed by atoms with Gasteiger partial charge in [-0.1, -0.05) is 105 Å². The van der Waals surface area contributed by atoms with Crippen LogP contribution in [0.4, 0.5) is 4.79 Å². The molecule has 2 saturated heterocycles. The second kappa shape index (κ2) is 15.4. The fourth-order valence-electron chi connectivity index (χ4n) is 7.04. The van der Waals surface area contributed by atoms with E-state index >= 15 is 0 Å². The molecular formula is C40H44N4O5. The predicted molar refractivity (Wildman–Crippen MR) is 188 cm³/mol. The maximum atomic E-state index is 14.5. The van der Waals surface area contributed by atoms with Crippen molar-refractivity contribution in [2.75, 3.05) is 6.54 Å². The first kappa shape index (κ1) is 33.7. The molecule has 0 spiro atoms. The minimum absolute atomic E-state index is 0.127. The molecule has 6 rings (SSSR count). The number of nitrogens with zero attached hydrogens (tertiary/aromatic N) is 3. The van der Waals surface area contributed by atoms with Crippen LogP contribution in [0.15, 0.2) is 97.1 Å². The molecule has 0 bridgehead atoms. The van der Waals surface area contributed by atoms with E-state index in [4.69, 9.17) is 4.74 Å². The number of carbonyl (C=O) groups is 4. The van der Waals surface area contributed by atoms with E-state index in [0.717, 1.165) is 46.7 Å². The zero-order chi connectivity index (χ0) is 34.3. The van der Waals surface area contributed by atoms with Crippen molar-refractivity contribution in [1.82, 2.24) is 20.0 Å². The first-order valence-corrected chi connectivity index (χ1v) is 17.3. The number of piperazine rings is 1. The van der Waals surface area contributed by atoms with Crippen molar-refractivity contribution < 1.29 is 23.9 Å². The van der Waals surface area contributed by atoms with Crippen LogP contribution in [0.2, 0.25) is 0 Å². The Morgan fingerprint density at radius 2 is 1.59 bits per heavy atom. The molecule has 0 radical (unpaired) electrons. The summed E-state index contributed by atoms with van der Waals surface area (Å²) in [7, 11) is 0. The fourth-order valence-corrected chi connectivity index (χ4v) is 7.04. The first-order chi connectivity index (χ1) is 23.8. The molecule has 3 atom stereocenters. The highest BCUT2D eigenvalue weighted by atomic mass is 16.5. The summed E-state index contributed by atoms with van der Waals surface area (Å²) in [6.45, 7) is 4.96. The zero-order valence-electron chi connectivity index (χ0n) is 28.2. The van der Waals surface area contributed by atoms with Crippen LogP contribution in [0.5, 0.6) is 5.75 Å². The van der Waals surface area contributed by atoms with Crippen molar-refractivity contribution in [2.45, 2.75) is 83.7 Å². The predicted octanol–water partition coefficient (Wildman–Crippen LogP) is 6.44. The summed E-state index contributed by atoms with van der Waals surface area (Å²) in [5, 5.41) is 5.18. The Balaban J connectivity index is 1.28. The van der Waals surface area contributed by atoms with Gasteiger partial charge in [-0.05, 0) is 52.9 Å². The highest BCUT2D eigenvalue weighted by Gasteiger charge is 2.52. The van der Waals surface area contributed by atoms with Crippen LogP contribution in [-0.2, 0) is 33.9 Å². The number of benzene rings is 4. The molecule has 4 aromatic rings. The number of rotatable bonds is 11. The molecule has 0 unspecified atom stereocenters. The highest BCUT2D eigenvalue weighted by Crippen LogP contribution is 2.34. The van der Waals surface area contributed by atoms with Gasteiger partial charge in [0.25, 0.3) is 0 Å². The smallest absolute Gasteiger partial charge is 0.319 e. The van der Waals surface area contributed by atoms with Crippen LogP contribution in [0.3, 0.4) is 0 Å². The van der Waals surface area contributed by atoms with Gasteiger partial charge in [-0.3, -0.25) is 14.4 Å². The average molecular weight is 661 g/mol. The molecular weight excluding hydrogens is 616 g/mol. The van der Waals surface area contributed by atoms with E-state index in [-0.39, 0.29) is 43.2 Å². The molecule has 2 aliphatic heterocycles. The van der Waals surface area contributed by atoms with Crippen LogP contribution in [0.25, 0.3) is 10.8 Å². The molecule has 0 aromatic heterocycles. The number of ether oxygens (including phenoxy) is 1. The van der Waals surface area contributed by atoms with Crippen molar-refractivity contribution in [3.8, 4) is 5.75 Å². The number of nitrogens with one attached hydrogen (secondary N) is 1. The molecule has 9 heteroatoms. The van der Waals surface area contributed by atoms with E-state index in [9.17, 15) is 19.2 Å². The molecule has 49 heavy (non-hydrogen) atoms. The van der Waals surface area contributed by atoms with Crippen molar-refractivity contribution >= 4 is 34.6 Å². The SMILES string of the molecule is CCCCCC(=O)Oc1ccc(C[C@H]2C(=O)N(Cc3cccc4ccccc34)[C@@H](C)[C@@H]3N(C(=O)NCc4ccccc4)CCC(=O)N32)cc1. The number of esters is 1. The van der Waals surface area contributed by atoms with Crippen LogP contribution < -0.4 is 10.1 Å². The van der Waals surface area contributed by atoms with Crippen LogP contribution in [0.1, 0.15) is 62.6 Å². The summed E-state index contributed by atoms with van der Waals surface area (Å²) < 4.78 is 5.53. The molecule has 2 fully saturated rings. The van der Waals surface area contributed by atoms with Gasteiger partial charge in [0, 0.05) is 38.9 Å². The van der Waals surface area contributed by atoms with Gasteiger partial charge in [-0.2, -0.15) is 0 Å². The van der Waals surface area contributed by atoms with E-state index in [1.165, 1.54) is 0 Å². The van der Waals surface area contributed by atoms with Crippen molar-refractivity contribution in [3.05, 3.63) is 114 Å². The van der Waals surface area contributed by atoms with Crippen LogP contribution in [-0.4, -0.2) is 63.3 Å². The Labute approximate surface area is 287 Å². The van der Waals surface area contributed by atoms with E-state index in [1.807, 2.05) is 78.6 Å². The van der Waals surface area contributed by atoms with Crippen LogP contribution >= 0.6 is 0 Å². The lowest BCUT2D eigenvalue weighted by molar-refractivity contribution is -0.173. The molecule has 0 saturated carbocycles. The number of unbranched alkanes of at least 4 members (excludes halogenated alkanes) is 2. The maximum Gasteiger partial charge on any atom is 0.319 e. The molecule has 4 amide bonds. The van der Waals surface area contributed by atoms with Gasteiger partial charge in [0.05, 0.1) is 6.04 Å². The Bertz CT molecular complexity index is 1790. The normalized spacial score (nSPS) is 19.1. The van der Waals surface area contributed by atoms with Gasteiger partial charge in [-0.15, -0.1) is 0 Å². The Morgan fingerprint density at radius 1 is 0.857 bits per heavy atom. The average Bonchev–Trinajstić information content (AvgIpc) is 3.12. The van der Waals surface area contributed by atoms with Crippen LogP contribution in [0, 0.1) is 0 Å². The van der Waals surface area contributed by atoms with Crippen molar-refractivity contribution in [1.29, 1.82) is 0 Å². The molecule has 2 heterocycles. The Hall–Kier alpha value is -5.18. The topological polar surface area (TPSA) is 99.3 Å². The van der Waals surface area contributed by atoms with Gasteiger partial charge in [0.1, 0.15) is 18.0 Å². The third-order valence-electron chi connectivity index (χ3n) is 9.62. The lowest BCUT2D eigenvalue weighted by atomic mass is 9.93. The second-order valence-electron chi connectivity index (χ2n) is 12.9. The third kappa shape index (κ3) is 7.61. The first-order valence-electron chi connectivity index (χ1n) is 17.3. The largest absolute Gasteiger partial charge is 0.427 e. The van der Waals surface area contributed by atoms with E-state index < -0.39 is 18.2 Å². The van der Waals surface area contributed by atoms with E-state index in [1.54, 1.807) is 21.9 Å². The lowest BCUT2D eigenvalue weighted by Crippen LogP contribution is -2.75. The highest BCUT2D eigenvalue weighted by molar-refractivity contribution is 5.92. The number of hydrogen-bond donors (Lipinski definition) is 1. The standard InChI is InChI=1S/C40H44N4O5/c1-3-4-6-18-37(46)49-33-21-19-29(20-22-33)25-35-39(47)43(27-32-16-11-15-31-14-9-10-17-34(31)32)28(2)38-42(24-23-36(45)44(35)38)40(48)41-26-30-12-7-5-8-13-30/h5,7-17,19-22,28,35,38H,3-4,6,18,23-27H2,1-2H3,(H,41,48)/t28-,35-,38+/m0/s1. The van der Waals surface area contributed by atoms with Crippen molar-refractivity contribution in [3.63, 3.8) is 0 Å². The quantitative estimate of drug-likeness (QED) is 0.114. The monoisotopic (exact) mass is 660 g/mol. The van der Waals surface area contributed by atoms with Gasteiger partial charge >= 0.3 is 12.0 Å². The Kier molecular flexibility index (Phi) is 10.6. The van der Waals surface area contributed by atoms with Gasteiger partial charge in [0.15, 0.2) is 0 Å². The number of amides is 4. The van der Waals surface area contributed by atoms with Gasteiger partial charge < -0.3 is 24.8 Å². The fraction of sp³-hybridized carbons (Fsp3) is 0.350. The second-order valence-corrected chi connectivity index (χ2v) is 12.9. The summed E-state index contributed by atoms with van der Waals surface area (Å²) in [4.78, 5) is 59.6. The summed E-state index contributed by atoms with van der Waals surface area (Å²) in [5.74, 6) is -0.138. The number of urea groups is 1. The van der Waals surface area contributed by atoms with Gasteiger partial charge in [-0.25, -0.2) is 4.79 Å². The summed E-state index contributed by atoms with van der Waals surface area (Å²) in [5.41, 5.74) is 2.79.